The Morgan fingerprint density at radius 1 is 1.24 bits per heavy atom. The third kappa shape index (κ3) is 5.04. The Kier molecular flexibility index (Phi) is 6.45. The number of primary sulfonamides is 1. The minimum absolute atomic E-state index is 0.00840. The fraction of sp³-hybridized carbons (Fsp3) is 0.222. The third-order valence-corrected chi connectivity index (χ3v) is 6.55. The maximum absolute atomic E-state index is 12.6. The monoisotopic (exact) mass is 472 g/mol. The van der Waals surface area contributed by atoms with Gasteiger partial charge in [-0.2, -0.15) is 0 Å². The van der Waals surface area contributed by atoms with E-state index in [9.17, 15) is 13.2 Å². The molecule has 3 rings (SSSR count). The van der Waals surface area contributed by atoms with E-state index in [0.717, 1.165) is 5.52 Å². The summed E-state index contributed by atoms with van der Waals surface area (Å²) in [5.74, 6) is -0.242. The molecule has 0 radical (unpaired) electrons. The van der Waals surface area contributed by atoms with Gasteiger partial charge < -0.3 is 9.88 Å². The van der Waals surface area contributed by atoms with Crippen molar-refractivity contribution < 1.29 is 13.2 Å². The first-order valence-corrected chi connectivity index (χ1v) is 11.7. The lowest BCUT2D eigenvalue weighted by Gasteiger charge is -2.13. The average Bonchev–Trinajstić information content (AvgIpc) is 2.96. The molecule has 3 N–H and O–H groups in total. The number of anilines is 1. The number of hydrogen-bond donors (Lipinski definition) is 2. The van der Waals surface area contributed by atoms with Crippen LogP contribution in [0.2, 0.25) is 10.0 Å². The quantitative estimate of drug-likeness (QED) is 0.524. The minimum Gasteiger partial charge on any atom is -0.325 e. The first kappa shape index (κ1) is 21.9. The largest absolute Gasteiger partial charge is 0.325 e. The predicted octanol–water partition coefficient (Wildman–Crippen LogP) is 4.13. The number of imidazole rings is 1. The first-order chi connectivity index (χ1) is 13.6. The molecule has 0 bridgehead atoms. The van der Waals surface area contributed by atoms with Gasteiger partial charge in [0.05, 0.1) is 21.2 Å². The summed E-state index contributed by atoms with van der Waals surface area (Å²) >= 11 is 13.2. The Morgan fingerprint density at radius 2 is 1.90 bits per heavy atom. The van der Waals surface area contributed by atoms with Crippen LogP contribution < -0.4 is 10.5 Å². The standard InChI is InChI=1S/C18H18Cl2N4O3S2/c1-3-24-16-5-4-14(29(21,26)27)9-15(16)23-18(24)28-10(2)17(25)22-13-7-11(19)6-12(20)8-13/h4-10H,3H2,1-2H3,(H,22,25)(H2,21,26,27)/t10-/m0/s1. The number of thioether (sulfide) groups is 1. The Labute approximate surface area is 182 Å². The molecule has 1 heterocycles. The number of nitrogens with one attached hydrogen (secondary N) is 1. The van der Waals surface area contributed by atoms with Gasteiger partial charge in [0, 0.05) is 22.3 Å². The molecule has 0 unspecified atom stereocenters. The van der Waals surface area contributed by atoms with Crippen LogP contribution in [0.4, 0.5) is 5.69 Å². The van der Waals surface area contributed by atoms with E-state index in [1.54, 1.807) is 31.2 Å². The van der Waals surface area contributed by atoms with Crippen LogP contribution in [-0.4, -0.2) is 29.1 Å². The van der Waals surface area contributed by atoms with Crippen LogP contribution in [0.5, 0.6) is 0 Å². The SMILES string of the molecule is CCn1c(S[C@@H](C)C(=O)Nc2cc(Cl)cc(Cl)c2)nc2cc(S(N)(=O)=O)ccc21. The second kappa shape index (κ2) is 8.53. The maximum atomic E-state index is 12.6. The Morgan fingerprint density at radius 3 is 2.48 bits per heavy atom. The third-order valence-electron chi connectivity index (χ3n) is 4.11. The summed E-state index contributed by atoms with van der Waals surface area (Å²) in [6.45, 7) is 4.30. The fourth-order valence-corrected chi connectivity index (χ4v) is 4.79. The topological polar surface area (TPSA) is 107 Å². The van der Waals surface area contributed by atoms with Crippen LogP contribution in [-0.2, 0) is 21.4 Å². The van der Waals surface area contributed by atoms with Crippen molar-refractivity contribution in [2.24, 2.45) is 5.14 Å². The number of hydrogen-bond acceptors (Lipinski definition) is 5. The number of benzene rings is 2. The number of rotatable bonds is 6. The molecule has 11 heteroatoms. The van der Waals surface area contributed by atoms with E-state index in [1.165, 1.54) is 23.9 Å². The summed E-state index contributed by atoms with van der Waals surface area (Å²) in [5, 5.41) is 8.95. The van der Waals surface area contributed by atoms with Gasteiger partial charge in [0.15, 0.2) is 5.16 Å². The van der Waals surface area contributed by atoms with Crippen LogP contribution in [0.1, 0.15) is 13.8 Å². The van der Waals surface area contributed by atoms with Crippen LogP contribution in [0.15, 0.2) is 46.5 Å². The van der Waals surface area contributed by atoms with Gasteiger partial charge in [-0.1, -0.05) is 35.0 Å². The van der Waals surface area contributed by atoms with E-state index in [-0.39, 0.29) is 10.8 Å². The normalized spacial score (nSPS) is 12.9. The van der Waals surface area contributed by atoms with Crippen LogP contribution in [0.3, 0.4) is 0 Å². The number of amides is 1. The highest BCUT2D eigenvalue weighted by Crippen LogP contribution is 2.29. The Bertz CT molecular complexity index is 1180. The second-order valence-corrected chi connectivity index (χ2v) is 9.98. The summed E-state index contributed by atoms with van der Waals surface area (Å²) < 4.78 is 25.1. The van der Waals surface area contributed by atoms with Crippen molar-refractivity contribution in [2.45, 2.75) is 35.7 Å². The molecule has 0 spiro atoms. The van der Waals surface area contributed by atoms with E-state index in [4.69, 9.17) is 28.3 Å². The molecule has 0 saturated carbocycles. The Balaban J connectivity index is 1.85. The molecule has 3 aromatic rings. The summed E-state index contributed by atoms with van der Waals surface area (Å²) in [4.78, 5) is 17.1. The van der Waals surface area contributed by atoms with Gasteiger partial charge in [-0.25, -0.2) is 18.5 Å². The van der Waals surface area contributed by atoms with Gasteiger partial charge in [-0.3, -0.25) is 4.79 Å². The van der Waals surface area contributed by atoms with Crippen LogP contribution >= 0.6 is 35.0 Å². The van der Waals surface area contributed by atoms with Crippen molar-refractivity contribution in [3.05, 3.63) is 46.4 Å². The highest BCUT2D eigenvalue weighted by atomic mass is 35.5. The number of carbonyl (C=O) groups is 1. The summed E-state index contributed by atoms with van der Waals surface area (Å²) in [6, 6.07) is 9.33. The van der Waals surface area contributed by atoms with Gasteiger partial charge in [0.1, 0.15) is 0 Å². The lowest BCUT2D eigenvalue weighted by atomic mass is 10.3. The molecule has 0 aliphatic heterocycles. The zero-order valence-electron chi connectivity index (χ0n) is 15.5. The van der Waals surface area contributed by atoms with Crippen molar-refractivity contribution in [3.63, 3.8) is 0 Å². The summed E-state index contributed by atoms with van der Waals surface area (Å²) in [6.07, 6.45) is 0. The van der Waals surface area contributed by atoms with E-state index in [2.05, 4.69) is 10.3 Å². The molecule has 0 fully saturated rings. The number of sulfonamides is 1. The molecular formula is C18H18Cl2N4O3S2. The molecular weight excluding hydrogens is 455 g/mol. The van der Waals surface area contributed by atoms with Crippen molar-refractivity contribution in [3.8, 4) is 0 Å². The Hall–Kier alpha value is -1.78. The number of aryl methyl sites for hydroxylation is 1. The van der Waals surface area contributed by atoms with Crippen molar-refractivity contribution >= 4 is 67.6 Å². The molecule has 7 nitrogen and oxygen atoms in total. The molecule has 1 aromatic heterocycles. The minimum atomic E-state index is -3.82. The predicted molar refractivity (Wildman–Crippen MR) is 117 cm³/mol. The number of aromatic nitrogens is 2. The van der Waals surface area contributed by atoms with Crippen LogP contribution in [0.25, 0.3) is 11.0 Å². The van der Waals surface area contributed by atoms with Crippen molar-refractivity contribution in [1.29, 1.82) is 0 Å². The van der Waals surface area contributed by atoms with Crippen molar-refractivity contribution in [2.75, 3.05) is 5.32 Å². The fourth-order valence-electron chi connectivity index (χ4n) is 2.74. The van der Waals surface area contributed by atoms with Gasteiger partial charge in [-0.05, 0) is 50.2 Å². The van der Waals surface area contributed by atoms with Crippen LogP contribution in [0, 0.1) is 0 Å². The van der Waals surface area contributed by atoms with Gasteiger partial charge in [0.2, 0.25) is 15.9 Å². The molecule has 154 valence electrons. The number of nitrogens with zero attached hydrogens (tertiary/aromatic N) is 2. The summed E-state index contributed by atoms with van der Waals surface area (Å²) in [7, 11) is -3.82. The highest BCUT2D eigenvalue weighted by molar-refractivity contribution is 8.00. The first-order valence-electron chi connectivity index (χ1n) is 8.55. The number of carbonyl (C=O) groups excluding carboxylic acids is 1. The van der Waals surface area contributed by atoms with Gasteiger partial charge >= 0.3 is 0 Å². The van der Waals surface area contributed by atoms with Crippen molar-refractivity contribution in [1.82, 2.24) is 9.55 Å². The number of fused-ring (bicyclic) bond motifs is 1. The second-order valence-electron chi connectivity index (χ2n) is 6.24. The number of nitrogens with two attached hydrogens (primary N) is 1. The highest BCUT2D eigenvalue weighted by Gasteiger charge is 2.20. The molecule has 2 aromatic carbocycles. The van der Waals surface area contributed by atoms with E-state index in [0.29, 0.717) is 33.0 Å². The molecule has 0 aliphatic rings. The molecule has 1 amide bonds. The zero-order valence-corrected chi connectivity index (χ0v) is 18.7. The summed E-state index contributed by atoms with van der Waals surface area (Å²) in [5.41, 5.74) is 1.76. The molecule has 29 heavy (non-hydrogen) atoms. The molecule has 0 aliphatic carbocycles. The lowest BCUT2D eigenvalue weighted by Crippen LogP contribution is -2.22. The van der Waals surface area contributed by atoms with E-state index in [1.807, 2.05) is 11.5 Å². The lowest BCUT2D eigenvalue weighted by molar-refractivity contribution is -0.115. The smallest absolute Gasteiger partial charge is 0.238 e. The zero-order chi connectivity index (χ0) is 21.3. The van der Waals surface area contributed by atoms with Gasteiger partial charge in [0.25, 0.3) is 0 Å². The maximum Gasteiger partial charge on any atom is 0.238 e. The van der Waals surface area contributed by atoms with Gasteiger partial charge in [-0.15, -0.1) is 0 Å². The number of halogens is 2. The average molecular weight is 473 g/mol. The van der Waals surface area contributed by atoms with E-state index < -0.39 is 15.3 Å². The van der Waals surface area contributed by atoms with E-state index >= 15 is 0 Å². The molecule has 0 saturated heterocycles. The molecule has 1 atom stereocenters.